The van der Waals surface area contributed by atoms with Gasteiger partial charge >= 0.3 is 0 Å². The molecule has 4 heterocycles. The van der Waals surface area contributed by atoms with E-state index in [4.69, 9.17) is 19.1 Å². The van der Waals surface area contributed by atoms with Crippen LogP contribution in [0.3, 0.4) is 0 Å². The third-order valence-corrected chi connectivity index (χ3v) is 4.48. The zero-order chi connectivity index (χ0) is 17.9. The van der Waals surface area contributed by atoms with Gasteiger partial charge in [0.25, 0.3) is 0 Å². The molecule has 4 rings (SSSR count). The molecule has 1 aliphatic heterocycles. The summed E-state index contributed by atoms with van der Waals surface area (Å²) in [5, 5.41) is 10.5. The number of aromatic nitrogens is 3. The maximum atomic E-state index is 9.57. The lowest BCUT2D eigenvalue weighted by Crippen LogP contribution is -2.38. The first-order chi connectivity index (χ1) is 12.7. The van der Waals surface area contributed by atoms with Crippen molar-refractivity contribution in [1.29, 1.82) is 0 Å². The fourth-order valence-electron chi connectivity index (χ4n) is 3.23. The average Bonchev–Trinajstić information content (AvgIpc) is 3.29. The minimum atomic E-state index is 0.0303. The van der Waals surface area contributed by atoms with Crippen molar-refractivity contribution in [2.45, 2.75) is 13.5 Å². The Morgan fingerprint density at radius 1 is 1.31 bits per heavy atom. The van der Waals surface area contributed by atoms with Gasteiger partial charge in [-0.05, 0) is 25.1 Å². The van der Waals surface area contributed by atoms with E-state index in [2.05, 4.69) is 9.88 Å². The van der Waals surface area contributed by atoms with Crippen LogP contribution in [-0.2, 0) is 11.3 Å². The van der Waals surface area contributed by atoms with Gasteiger partial charge < -0.3 is 29.0 Å². The number of ether oxygens (including phenoxy) is 1. The van der Waals surface area contributed by atoms with E-state index in [1.807, 2.05) is 30.0 Å². The number of rotatable bonds is 6. The summed E-state index contributed by atoms with van der Waals surface area (Å²) in [4.78, 5) is 17.0. The van der Waals surface area contributed by atoms with Gasteiger partial charge in [-0.1, -0.05) is 0 Å². The first kappa shape index (κ1) is 16.9. The smallest absolute Gasteiger partial charge is 0.229 e. The van der Waals surface area contributed by atoms with Gasteiger partial charge in [-0.25, -0.2) is 0 Å². The average molecular weight is 357 g/mol. The van der Waals surface area contributed by atoms with Gasteiger partial charge in [0.15, 0.2) is 0 Å². The molecule has 0 atom stereocenters. The fraction of sp³-hybridized carbons (Fsp3) is 0.444. The number of aliphatic hydroxyl groups is 1. The predicted octanol–water partition coefficient (Wildman–Crippen LogP) is 1.69. The van der Waals surface area contributed by atoms with Crippen molar-refractivity contribution in [3.63, 3.8) is 0 Å². The minimum Gasteiger partial charge on any atom is -0.467 e. The van der Waals surface area contributed by atoms with Crippen LogP contribution in [-0.4, -0.2) is 59.5 Å². The number of furan rings is 1. The summed E-state index contributed by atoms with van der Waals surface area (Å²) >= 11 is 0. The van der Waals surface area contributed by atoms with Crippen molar-refractivity contribution in [2.75, 3.05) is 49.3 Å². The largest absolute Gasteiger partial charge is 0.467 e. The molecule has 8 heteroatoms. The molecule has 2 N–H and O–H groups in total. The van der Waals surface area contributed by atoms with E-state index in [-0.39, 0.29) is 6.61 Å². The number of fused-ring (bicyclic) bond motifs is 1. The number of morpholine rings is 1. The number of nitrogens with one attached hydrogen (secondary N) is 1. The van der Waals surface area contributed by atoms with E-state index in [1.54, 1.807) is 6.26 Å². The number of anilines is 2. The maximum absolute atomic E-state index is 9.57. The molecular formula is C18H23N5O3. The van der Waals surface area contributed by atoms with Crippen LogP contribution in [0.2, 0.25) is 0 Å². The lowest BCUT2D eigenvalue weighted by atomic mass is 10.3. The van der Waals surface area contributed by atoms with Crippen molar-refractivity contribution in [3.8, 4) is 0 Å². The summed E-state index contributed by atoms with van der Waals surface area (Å²) < 4.78 is 10.9. The van der Waals surface area contributed by atoms with E-state index in [0.717, 1.165) is 41.4 Å². The first-order valence-electron chi connectivity index (χ1n) is 8.83. The lowest BCUT2D eigenvalue weighted by molar-refractivity contribution is 0.122. The Kier molecular flexibility index (Phi) is 4.77. The Morgan fingerprint density at radius 2 is 2.15 bits per heavy atom. The lowest BCUT2D eigenvalue weighted by Gasteiger charge is -2.29. The summed E-state index contributed by atoms with van der Waals surface area (Å²) in [7, 11) is 0. The van der Waals surface area contributed by atoms with E-state index < -0.39 is 0 Å². The number of aliphatic hydroxyl groups excluding tert-OH is 1. The zero-order valence-corrected chi connectivity index (χ0v) is 14.8. The standard InChI is InChI=1S/C18H23N5O3/c1-13-11-15-16(19-13)20-18(22-5-9-25-10-6-22)21-17(15)23(4-7-24)12-14-3-2-8-26-14/h2-3,8,11,24H,4-7,9-10,12H2,1H3,(H,19,20,21). The number of H-pyrrole nitrogens is 1. The molecule has 0 spiro atoms. The summed E-state index contributed by atoms with van der Waals surface area (Å²) in [5.74, 6) is 2.30. The van der Waals surface area contributed by atoms with E-state index in [9.17, 15) is 5.11 Å². The fourth-order valence-corrected chi connectivity index (χ4v) is 3.23. The van der Waals surface area contributed by atoms with Crippen LogP contribution in [0.15, 0.2) is 28.9 Å². The Bertz CT molecular complexity index is 855. The maximum Gasteiger partial charge on any atom is 0.229 e. The van der Waals surface area contributed by atoms with Crippen molar-refractivity contribution >= 4 is 22.8 Å². The minimum absolute atomic E-state index is 0.0303. The second-order valence-electron chi connectivity index (χ2n) is 6.39. The van der Waals surface area contributed by atoms with Gasteiger partial charge in [0.1, 0.15) is 17.2 Å². The number of hydrogen-bond acceptors (Lipinski definition) is 7. The number of hydrogen-bond donors (Lipinski definition) is 2. The van der Waals surface area contributed by atoms with Gasteiger partial charge in [0, 0.05) is 25.3 Å². The van der Waals surface area contributed by atoms with Crippen molar-refractivity contribution in [2.24, 2.45) is 0 Å². The molecular weight excluding hydrogens is 334 g/mol. The number of aryl methyl sites for hydroxylation is 1. The number of aromatic amines is 1. The molecule has 0 saturated carbocycles. The highest BCUT2D eigenvalue weighted by atomic mass is 16.5. The molecule has 0 aromatic carbocycles. The molecule has 1 fully saturated rings. The quantitative estimate of drug-likeness (QED) is 0.694. The molecule has 0 aliphatic carbocycles. The summed E-state index contributed by atoms with van der Waals surface area (Å²) in [5.41, 5.74) is 1.83. The monoisotopic (exact) mass is 357 g/mol. The topological polar surface area (TPSA) is 90.7 Å². The highest BCUT2D eigenvalue weighted by molar-refractivity contribution is 5.89. The van der Waals surface area contributed by atoms with Crippen LogP contribution in [0.25, 0.3) is 11.0 Å². The summed E-state index contributed by atoms with van der Waals surface area (Å²) in [6, 6.07) is 5.83. The van der Waals surface area contributed by atoms with Gasteiger partial charge in [-0.3, -0.25) is 0 Å². The molecule has 8 nitrogen and oxygen atoms in total. The molecule has 0 radical (unpaired) electrons. The Labute approximate surface area is 151 Å². The van der Waals surface area contributed by atoms with Crippen molar-refractivity contribution < 1.29 is 14.3 Å². The molecule has 3 aromatic heterocycles. The second kappa shape index (κ2) is 7.35. The zero-order valence-electron chi connectivity index (χ0n) is 14.8. The third-order valence-electron chi connectivity index (χ3n) is 4.48. The molecule has 1 saturated heterocycles. The van der Waals surface area contributed by atoms with Crippen LogP contribution < -0.4 is 9.80 Å². The Hall–Kier alpha value is -2.58. The van der Waals surface area contributed by atoms with Crippen molar-refractivity contribution in [3.05, 3.63) is 35.9 Å². The van der Waals surface area contributed by atoms with Gasteiger partial charge in [-0.15, -0.1) is 0 Å². The predicted molar refractivity (Wildman–Crippen MR) is 98.5 cm³/mol. The normalized spacial score (nSPS) is 14.9. The SMILES string of the molecule is Cc1cc2c(N(CCO)Cc3ccco3)nc(N3CCOCC3)nc2[nH]1. The highest BCUT2D eigenvalue weighted by Crippen LogP contribution is 2.28. The summed E-state index contributed by atoms with van der Waals surface area (Å²) in [6.45, 7) is 5.91. The first-order valence-corrected chi connectivity index (χ1v) is 8.83. The van der Waals surface area contributed by atoms with Crippen molar-refractivity contribution in [1.82, 2.24) is 15.0 Å². The Balaban J connectivity index is 1.76. The highest BCUT2D eigenvalue weighted by Gasteiger charge is 2.21. The van der Waals surface area contributed by atoms with E-state index in [0.29, 0.717) is 32.3 Å². The van der Waals surface area contributed by atoms with E-state index in [1.165, 1.54) is 0 Å². The molecule has 26 heavy (non-hydrogen) atoms. The van der Waals surface area contributed by atoms with Gasteiger partial charge in [0.2, 0.25) is 5.95 Å². The van der Waals surface area contributed by atoms with Crippen LogP contribution in [0, 0.1) is 6.92 Å². The molecule has 0 amide bonds. The van der Waals surface area contributed by atoms with Crippen LogP contribution in [0.4, 0.5) is 11.8 Å². The molecule has 0 bridgehead atoms. The van der Waals surface area contributed by atoms with Crippen LogP contribution in [0.5, 0.6) is 0 Å². The molecule has 138 valence electrons. The Morgan fingerprint density at radius 3 is 2.88 bits per heavy atom. The van der Waals surface area contributed by atoms with Crippen LogP contribution >= 0.6 is 0 Å². The van der Waals surface area contributed by atoms with Gasteiger partial charge in [0.05, 0.1) is 38.0 Å². The molecule has 3 aromatic rings. The molecule has 0 unspecified atom stereocenters. The number of nitrogens with zero attached hydrogens (tertiary/aromatic N) is 4. The van der Waals surface area contributed by atoms with Gasteiger partial charge in [-0.2, -0.15) is 9.97 Å². The van der Waals surface area contributed by atoms with Crippen LogP contribution in [0.1, 0.15) is 11.5 Å². The summed E-state index contributed by atoms with van der Waals surface area (Å²) in [6.07, 6.45) is 1.65. The second-order valence-corrected chi connectivity index (χ2v) is 6.39. The third kappa shape index (κ3) is 3.38. The van der Waals surface area contributed by atoms with E-state index >= 15 is 0 Å². The molecule has 1 aliphatic rings.